The highest BCUT2D eigenvalue weighted by molar-refractivity contribution is 8.01. The first-order valence-electron chi connectivity index (χ1n) is 6.59. The van der Waals surface area contributed by atoms with Crippen molar-refractivity contribution in [3.63, 3.8) is 0 Å². The summed E-state index contributed by atoms with van der Waals surface area (Å²) in [5, 5.41) is 3.08. The molecule has 4 unspecified atom stereocenters. The normalized spacial score (nSPS) is 28.5. The molecule has 1 saturated heterocycles. The van der Waals surface area contributed by atoms with E-state index in [1.54, 1.807) is 0 Å². The Labute approximate surface area is 116 Å². The minimum Gasteiger partial charge on any atom is -0.354 e. The van der Waals surface area contributed by atoms with E-state index in [1.165, 1.54) is 0 Å². The average Bonchev–Trinajstić information content (AvgIpc) is 2.34. The van der Waals surface area contributed by atoms with Crippen LogP contribution in [0, 0.1) is 16.7 Å². The minimum atomic E-state index is -0.0189. The van der Waals surface area contributed by atoms with Crippen LogP contribution < -0.4 is 5.32 Å². The average molecular weight is 290 g/mol. The van der Waals surface area contributed by atoms with Crippen LogP contribution in [-0.4, -0.2) is 29.7 Å². The summed E-state index contributed by atoms with van der Waals surface area (Å²) in [6.45, 7) is 15.0. The molecule has 5 heteroatoms. The number of rotatable bonds is 1. The van der Waals surface area contributed by atoms with Gasteiger partial charge >= 0.3 is 0 Å². The molecular weight excluding hydrogens is 262 g/mol. The number of hydrogen-bond acceptors (Lipinski definition) is 2. The fourth-order valence-electron chi connectivity index (χ4n) is 2.85. The Hall–Kier alpha value is 0.290. The van der Waals surface area contributed by atoms with Crippen LogP contribution in [0.1, 0.15) is 41.5 Å². The molecule has 1 amide bonds. The van der Waals surface area contributed by atoms with Gasteiger partial charge in [0.2, 0.25) is 5.91 Å². The van der Waals surface area contributed by atoms with Crippen molar-refractivity contribution in [1.29, 1.82) is 0 Å². The van der Waals surface area contributed by atoms with Crippen LogP contribution in [-0.2, 0) is 4.79 Å². The maximum atomic E-state index is 12.4. The lowest BCUT2D eigenvalue weighted by Crippen LogP contribution is -2.51. The van der Waals surface area contributed by atoms with Gasteiger partial charge in [0.25, 0.3) is 0 Å². The van der Waals surface area contributed by atoms with Crippen LogP contribution in [0.15, 0.2) is 0 Å². The lowest BCUT2D eigenvalue weighted by atomic mass is 9.68. The van der Waals surface area contributed by atoms with E-state index in [0.29, 0.717) is 8.42 Å². The SMILES string of the molecule is CC(C)(C)C1C(=O)NCCN(PP)C1C(C)(C)C. The fraction of sp³-hybridized carbons (Fsp3) is 0.923. The van der Waals surface area contributed by atoms with Crippen LogP contribution >= 0.6 is 17.3 Å². The smallest absolute Gasteiger partial charge is 0.225 e. The highest BCUT2D eigenvalue weighted by Gasteiger charge is 2.46. The second-order valence-electron chi connectivity index (χ2n) is 7.27. The van der Waals surface area contributed by atoms with Crippen molar-refractivity contribution in [2.24, 2.45) is 16.7 Å². The van der Waals surface area contributed by atoms with Gasteiger partial charge in [-0.25, -0.2) is 0 Å². The van der Waals surface area contributed by atoms with Crippen LogP contribution in [0.25, 0.3) is 0 Å². The second-order valence-corrected chi connectivity index (χ2v) is 8.88. The Morgan fingerprint density at radius 2 is 1.78 bits per heavy atom. The first kappa shape index (κ1) is 16.3. The molecule has 1 aliphatic rings. The molecule has 0 aromatic rings. The molecule has 4 atom stereocenters. The molecular formula is C13H28N2OP2. The van der Waals surface area contributed by atoms with Gasteiger partial charge < -0.3 is 5.32 Å². The Morgan fingerprint density at radius 3 is 2.17 bits per heavy atom. The van der Waals surface area contributed by atoms with Crippen molar-refractivity contribution in [1.82, 2.24) is 9.99 Å². The Morgan fingerprint density at radius 1 is 1.22 bits per heavy atom. The molecule has 1 rings (SSSR count). The van der Waals surface area contributed by atoms with E-state index >= 15 is 0 Å². The lowest BCUT2D eigenvalue weighted by Gasteiger charge is -2.46. The summed E-state index contributed by atoms with van der Waals surface area (Å²) < 4.78 is 2.46. The maximum absolute atomic E-state index is 12.4. The van der Waals surface area contributed by atoms with Gasteiger partial charge in [0.1, 0.15) is 0 Å². The third-order valence-corrected chi connectivity index (χ3v) is 5.40. The molecule has 0 aliphatic carbocycles. The predicted molar refractivity (Wildman–Crippen MR) is 83.9 cm³/mol. The lowest BCUT2D eigenvalue weighted by molar-refractivity contribution is -0.131. The molecule has 1 aliphatic heterocycles. The van der Waals surface area contributed by atoms with E-state index in [1.807, 2.05) is 0 Å². The van der Waals surface area contributed by atoms with Gasteiger partial charge in [-0.05, 0) is 19.3 Å². The van der Waals surface area contributed by atoms with E-state index < -0.39 is 0 Å². The van der Waals surface area contributed by atoms with Crippen molar-refractivity contribution < 1.29 is 4.79 Å². The van der Waals surface area contributed by atoms with Crippen molar-refractivity contribution in [3.8, 4) is 0 Å². The number of nitrogens with zero attached hydrogens (tertiary/aromatic N) is 1. The number of amides is 1. The Kier molecular flexibility index (Phi) is 5.21. The molecule has 0 spiro atoms. The first-order chi connectivity index (χ1) is 8.09. The van der Waals surface area contributed by atoms with E-state index in [9.17, 15) is 4.79 Å². The largest absolute Gasteiger partial charge is 0.354 e. The summed E-state index contributed by atoms with van der Waals surface area (Å²) in [6.07, 6.45) is 0. The molecule has 0 radical (unpaired) electrons. The molecule has 3 nitrogen and oxygen atoms in total. The van der Waals surface area contributed by atoms with Crippen LogP contribution in [0.4, 0.5) is 0 Å². The quantitative estimate of drug-likeness (QED) is 0.753. The first-order valence-corrected chi connectivity index (χ1v) is 9.35. The molecule has 0 bridgehead atoms. The predicted octanol–water partition coefficient (Wildman–Crippen LogP) is 2.88. The molecule has 1 N–H and O–H groups in total. The van der Waals surface area contributed by atoms with Crippen molar-refractivity contribution in [2.45, 2.75) is 47.6 Å². The van der Waals surface area contributed by atoms with E-state index in [0.717, 1.165) is 13.1 Å². The van der Waals surface area contributed by atoms with E-state index in [4.69, 9.17) is 0 Å². The summed E-state index contributed by atoms with van der Waals surface area (Å²) in [7, 11) is 3.50. The van der Waals surface area contributed by atoms with E-state index in [-0.39, 0.29) is 28.7 Å². The van der Waals surface area contributed by atoms with Gasteiger partial charge in [-0.2, -0.15) is 0 Å². The number of nitrogens with one attached hydrogen (secondary N) is 1. The van der Waals surface area contributed by atoms with Crippen molar-refractivity contribution in [3.05, 3.63) is 0 Å². The Balaban J connectivity index is 3.22. The van der Waals surface area contributed by atoms with Gasteiger partial charge in [-0.3, -0.25) is 9.46 Å². The third kappa shape index (κ3) is 3.65. The molecule has 18 heavy (non-hydrogen) atoms. The van der Waals surface area contributed by atoms with Crippen molar-refractivity contribution in [2.75, 3.05) is 13.1 Å². The van der Waals surface area contributed by atoms with Crippen LogP contribution in [0.3, 0.4) is 0 Å². The highest BCUT2D eigenvalue weighted by Crippen LogP contribution is 2.45. The standard InChI is InChI=1S/C13H28N2OP2/c1-12(2,3)9-10(13(4,5)6)15(18-17)8-7-14-11(9)16/h9-10,18H,7-8,17H2,1-6H3,(H,14,16). The van der Waals surface area contributed by atoms with Crippen LogP contribution in [0.5, 0.6) is 0 Å². The third-order valence-electron chi connectivity index (χ3n) is 3.57. The molecule has 0 aromatic heterocycles. The van der Waals surface area contributed by atoms with E-state index in [2.05, 4.69) is 60.5 Å². The summed E-state index contributed by atoms with van der Waals surface area (Å²) in [6, 6.07) is 0.288. The van der Waals surface area contributed by atoms with Crippen molar-refractivity contribution >= 4 is 23.3 Å². The number of hydrogen-bond donors (Lipinski definition) is 1. The second kappa shape index (κ2) is 5.73. The highest BCUT2D eigenvalue weighted by atomic mass is 32.0. The Bertz CT molecular complexity index is 307. The van der Waals surface area contributed by atoms with Crippen LogP contribution in [0.2, 0.25) is 0 Å². The number of carbonyl (C=O) groups excluding carboxylic acids is 1. The summed E-state index contributed by atoms with van der Waals surface area (Å²) in [5.41, 5.74) is 0.0815. The minimum absolute atomic E-state index is 0.0189. The van der Waals surface area contributed by atoms with Gasteiger partial charge in [0.15, 0.2) is 0 Å². The number of carbonyl (C=O) groups is 1. The summed E-state index contributed by atoms with van der Waals surface area (Å²) >= 11 is 0. The molecule has 0 saturated carbocycles. The zero-order valence-electron chi connectivity index (χ0n) is 12.5. The molecule has 106 valence electrons. The van der Waals surface area contributed by atoms with Gasteiger partial charge in [-0.1, -0.05) is 50.5 Å². The molecule has 1 fully saturated rings. The molecule has 0 aromatic carbocycles. The molecule has 1 heterocycles. The maximum Gasteiger partial charge on any atom is 0.225 e. The zero-order chi connectivity index (χ0) is 14.1. The zero-order valence-corrected chi connectivity index (χ0v) is 14.7. The summed E-state index contributed by atoms with van der Waals surface area (Å²) in [4.78, 5) is 12.4. The monoisotopic (exact) mass is 290 g/mol. The van der Waals surface area contributed by atoms with Gasteiger partial charge in [-0.15, -0.1) is 0 Å². The van der Waals surface area contributed by atoms with Gasteiger partial charge in [0, 0.05) is 19.1 Å². The fourth-order valence-corrected chi connectivity index (χ4v) is 4.66. The van der Waals surface area contributed by atoms with Gasteiger partial charge in [0.05, 0.1) is 5.92 Å². The summed E-state index contributed by atoms with van der Waals surface area (Å²) in [5.74, 6) is 0.251. The topological polar surface area (TPSA) is 32.3 Å².